The van der Waals surface area contributed by atoms with Crippen molar-refractivity contribution in [1.82, 2.24) is 0 Å². The van der Waals surface area contributed by atoms with Crippen LogP contribution in [-0.2, 0) is 17.6 Å². The maximum absolute atomic E-state index is 13.6. The fourth-order valence-corrected chi connectivity index (χ4v) is 6.34. The van der Waals surface area contributed by atoms with Crippen molar-refractivity contribution in [1.29, 1.82) is 0 Å². The predicted molar refractivity (Wildman–Crippen MR) is 180 cm³/mol. The summed E-state index contributed by atoms with van der Waals surface area (Å²) in [6.45, 7) is 0. The molecule has 0 aromatic heterocycles. The van der Waals surface area contributed by atoms with Gasteiger partial charge in [-0.05, 0) is 36.4 Å². The summed E-state index contributed by atoms with van der Waals surface area (Å²) in [5, 5.41) is 124. The molecule has 2 heterocycles. The highest BCUT2D eigenvalue weighted by atomic mass is 16.6. The van der Waals surface area contributed by atoms with Crippen LogP contribution in [0.1, 0.15) is 44.8 Å². The molecule has 280 valence electrons. The first-order valence-electron chi connectivity index (χ1n) is 15.9. The zero-order chi connectivity index (χ0) is 38.7. The highest BCUT2D eigenvalue weighted by Gasteiger charge is 2.38. The van der Waals surface area contributed by atoms with E-state index in [1.165, 1.54) is 12.1 Å². The van der Waals surface area contributed by atoms with Crippen LogP contribution in [0.3, 0.4) is 0 Å². The number of aromatic hydroxyl groups is 11. The van der Waals surface area contributed by atoms with Gasteiger partial charge in [0.15, 0.2) is 52.5 Å². The maximum Gasteiger partial charge on any atom is 0.338 e. The largest absolute Gasteiger partial charge is 0.508 e. The summed E-state index contributed by atoms with van der Waals surface area (Å²) in [5.74, 6) is -9.40. The Balaban J connectivity index is 1.19. The molecule has 0 bridgehead atoms. The molecule has 2 aliphatic rings. The minimum absolute atomic E-state index is 0.00553. The second-order valence-corrected chi connectivity index (χ2v) is 12.6. The van der Waals surface area contributed by atoms with Gasteiger partial charge in [-0.25, -0.2) is 4.79 Å². The van der Waals surface area contributed by atoms with Crippen molar-refractivity contribution in [3.8, 4) is 86.2 Å². The molecule has 4 atom stereocenters. The molecule has 0 amide bonds. The lowest BCUT2D eigenvalue weighted by Gasteiger charge is -2.34. The Morgan fingerprint density at radius 1 is 0.537 bits per heavy atom. The van der Waals surface area contributed by atoms with Gasteiger partial charge in [0.25, 0.3) is 0 Å². The lowest BCUT2D eigenvalue weighted by Crippen LogP contribution is -2.34. The third-order valence-corrected chi connectivity index (χ3v) is 8.95. The first-order valence-corrected chi connectivity index (χ1v) is 15.9. The van der Waals surface area contributed by atoms with E-state index in [2.05, 4.69) is 0 Å². The Labute approximate surface area is 302 Å². The van der Waals surface area contributed by atoms with Crippen LogP contribution < -0.4 is 14.2 Å². The number of aliphatic hydroxyl groups is 1. The molecule has 0 spiro atoms. The van der Waals surface area contributed by atoms with Gasteiger partial charge in [-0.15, -0.1) is 0 Å². The van der Waals surface area contributed by atoms with Gasteiger partial charge >= 0.3 is 5.97 Å². The van der Waals surface area contributed by atoms with E-state index in [0.717, 1.165) is 48.5 Å². The molecule has 17 nitrogen and oxygen atoms in total. The molecule has 0 unspecified atom stereocenters. The van der Waals surface area contributed by atoms with Crippen LogP contribution in [0.4, 0.5) is 0 Å². The lowest BCUT2D eigenvalue weighted by atomic mass is 9.93. The summed E-state index contributed by atoms with van der Waals surface area (Å²) in [4.78, 5) is 13.6. The van der Waals surface area contributed by atoms with Gasteiger partial charge in [0.2, 0.25) is 11.5 Å². The van der Waals surface area contributed by atoms with Gasteiger partial charge in [-0.1, -0.05) is 0 Å². The molecule has 2 aliphatic heterocycles. The third-order valence-electron chi connectivity index (χ3n) is 8.95. The number of phenolic OH excluding ortho intramolecular Hbond substituents is 11. The Hall–Kier alpha value is -7.27. The predicted octanol–water partition coefficient (Wildman–Crippen LogP) is 4.18. The summed E-state index contributed by atoms with van der Waals surface area (Å²) in [7, 11) is 0. The van der Waals surface area contributed by atoms with Gasteiger partial charge < -0.3 is 80.2 Å². The molecule has 12 N–H and O–H groups in total. The van der Waals surface area contributed by atoms with Crippen LogP contribution in [0.15, 0.2) is 60.7 Å². The van der Waals surface area contributed by atoms with Gasteiger partial charge in [0, 0.05) is 59.4 Å². The van der Waals surface area contributed by atoms with Gasteiger partial charge in [-0.3, -0.25) is 0 Å². The van der Waals surface area contributed by atoms with E-state index >= 15 is 0 Å². The Bertz CT molecular complexity index is 2310. The van der Waals surface area contributed by atoms with E-state index in [1.54, 1.807) is 0 Å². The van der Waals surface area contributed by atoms with Crippen molar-refractivity contribution < 1.29 is 85.0 Å². The number of fused-ring (bicyclic) bond motifs is 2. The van der Waals surface area contributed by atoms with Crippen LogP contribution in [0.2, 0.25) is 0 Å². The number of benzene rings is 5. The van der Waals surface area contributed by atoms with E-state index < -0.39 is 93.4 Å². The van der Waals surface area contributed by atoms with E-state index in [0.29, 0.717) is 0 Å². The summed E-state index contributed by atoms with van der Waals surface area (Å²) in [6, 6.07) is 10.5. The monoisotopic (exact) mass is 746 g/mol. The minimum atomic E-state index is -1.34. The van der Waals surface area contributed by atoms with Crippen LogP contribution in [0, 0.1) is 0 Å². The average molecular weight is 747 g/mol. The summed E-state index contributed by atoms with van der Waals surface area (Å²) in [5.41, 5.74) is -0.0619. The molecule has 0 saturated carbocycles. The molecule has 5 aromatic carbocycles. The van der Waals surface area contributed by atoms with Gasteiger partial charge in [0.1, 0.15) is 40.6 Å². The molecule has 5 aromatic rings. The number of rotatable bonds is 6. The fourth-order valence-electron chi connectivity index (χ4n) is 6.34. The lowest BCUT2D eigenvalue weighted by molar-refractivity contribution is -0.0189. The highest BCUT2D eigenvalue weighted by molar-refractivity contribution is 5.91. The number of hydrogen-bond donors (Lipinski definition) is 12. The number of carbonyl (C=O) groups excluding carboxylic acids is 1. The normalized spacial score (nSPS) is 18.8. The second kappa shape index (κ2) is 13.1. The summed E-state index contributed by atoms with van der Waals surface area (Å²) < 4.78 is 23.1. The zero-order valence-electron chi connectivity index (χ0n) is 27.4. The zero-order valence-corrected chi connectivity index (χ0v) is 27.4. The highest BCUT2D eigenvalue weighted by Crippen LogP contribution is 2.49. The number of carbonyl (C=O) groups is 1. The molecular formula is C37H30O17. The van der Waals surface area contributed by atoms with Crippen molar-refractivity contribution in [2.75, 3.05) is 0 Å². The van der Waals surface area contributed by atoms with Crippen LogP contribution in [0.5, 0.6) is 86.2 Å². The second-order valence-electron chi connectivity index (χ2n) is 12.6. The third kappa shape index (κ3) is 6.28. The molecule has 7 rings (SSSR count). The first-order chi connectivity index (χ1) is 25.6. The smallest absolute Gasteiger partial charge is 0.338 e. The molecule has 0 saturated heterocycles. The molecule has 54 heavy (non-hydrogen) atoms. The Morgan fingerprint density at radius 2 is 1.02 bits per heavy atom. The average Bonchev–Trinajstić information content (AvgIpc) is 3.10. The molecule has 0 radical (unpaired) electrons. The van der Waals surface area contributed by atoms with Gasteiger partial charge in [-0.2, -0.15) is 0 Å². The number of aliphatic hydroxyl groups excluding tert-OH is 1. The first kappa shape index (κ1) is 35.1. The maximum atomic E-state index is 13.6. The number of phenols is 11. The van der Waals surface area contributed by atoms with Crippen LogP contribution in [0.25, 0.3) is 0 Å². The molecule has 0 aliphatic carbocycles. The summed E-state index contributed by atoms with van der Waals surface area (Å²) >= 11 is 0. The summed E-state index contributed by atoms with van der Waals surface area (Å²) in [6.07, 6.45) is -5.56. The SMILES string of the molecule is O=C(O[C@@H]1Cc2c(O)cc(O)cc2O[C@@H]1c1cc(O)c(O)c(O)c1)c1cc(O)c(O)c(Oc2cc([C@@H]3Oc4cc(O)cc(O)c4C[C@@H]3O)cc(O)c2O)c1. The van der Waals surface area contributed by atoms with Crippen molar-refractivity contribution in [2.24, 2.45) is 0 Å². The van der Waals surface area contributed by atoms with Crippen molar-refractivity contribution >= 4 is 5.97 Å². The number of hydrogen-bond acceptors (Lipinski definition) is 17. The quantitative estimate of drug-likeness (QED) is 0.0857. The Kier molecular flexibility index (Phi) is 8.49. The van der Waals surface area contributed by atoms with Crippen LogP contribution >= 0.6 is 0 Å². The van der Waals surface area contributed by atoms with Crippen molar-refractivity contribution in [3.63, 3.8) is 0 Å². The van der Waals surface area contributed by atoms with E-state index in [1.807, 2.05) is 0 Å². The van der Waals surface area contributed by atoms with Crippen LogP contribution in [-0.4, -0.2) is 79.5 Å². The number of esters is 1. The fraction of sp³-hybridized carbons (Fsp3) is 0.162. The van der Waals surface area contributed by atoms with E-state index in [9.17, 15) is 66.1 Å². The Morgan fingerprint density at radius 3 is 1.61 bits per heavy atom. The number of ether oxygens (including phenoxy) is 4. The molecule has 17 heteroatoms. The minimum Gasteiger partial charge on any atom is -0.508 e. The van der Waals surface area contributed by atoms with E-state index in [-0.39, 0.29) is 63.8 Å². The standard InChI is InChI=1S/C37H30O17/c38-16-7-20(40)18-11-26(46)35(52-27(18)9-16)14-3-24(44)33(48)29(5-14)51-30-6-15(4-25(45)34(30)49)37(50)54-31-12-19-21(41)8-17(39)10-28(19)53-36(31)13-1-22(42)32(47)23(43)2-13/h1-10,26,31,35-36,38-49H,11-12H2/t26-,31+,35-,36+/m0/s1. The topological polar surface area (TPSA) is 297 Å². The van der Waals surface area contributed by atoms with Gasteiger partial charge in [0.05, 0.1) is 11.7 Å². The molecular weight excluding hydrogens is 716 g/mol. The molecule has 0 fully saturated rings. The van der Waals surface area contributed by atoms with E-state index in [4.69, 9.17) is 18.9 Å². The van der Waals surface area contributed by atoms with Crippen molar-refractivity contribution in [3.05, 3.63) is 88.5 Å². The van der Waals surface area contributed by atoms with Crippen molar-refractivity contribution in [2.45, 2.75) is 37.3 Å².